The highest BCUT2D eigenvalue weighted by Crippen LogP contribution is 2.30. The van der Waals surface area contributed by atoms with Crippen LogP contribution in [0.5, 0.6) is 5.75 Å². The van der Waals surface area contributed by atoms with Gasteiger partial charge in [0.05, 0.1) is 18.9 Å². The van der Waals surface area contributed by atoms with Crippen molar-refractivity contribution in [2.24, 2.45) is 5.10 Å². The first-order chi connectivity index (χ1) is 13.0. The third-order valence-electron chi connectivity index (χ3n) is 4.21. The van der Waals surface area contributed by atoms with Gasteiger partial charge in [0.1, 0.15) is 5.75 Å². The molecule has 2 aromatic rings. The van der Waals surface area contributed by atoms with E-state index in [-0.39, 0.29) is 12.5 Å². The molecule has 6 nitrogen and oxygen atoms in total. The Bertz CT molecular complexity index is 828. The van der Waals surface area contributed by atoms with Gasteiger partial charge >= 0.3 is 5.97 Å². The summed E-state index contributed by atoms with van der Waals surface area (Å²) in [5.74, 6) is -1.17. The number of nitrogens with one attached hydrogen (secondary N) is 1. The molecule has 0 saturated carbocycles. The number of methoxy groups -OCH3 is 1. The van der Waals surface area contributed by atoms with Gasteiger partial charge in [-0.25, -0.2) is 4.79 Å². The topological polar surface area (TPSA) is 88.0 Å². The number of Topliss-reactive ketones (excluding diaryl/α,β-unsaturated/α-hetero) is 1. The predicted octanol–water partition coefficient (Wildman–Crippen LogP) is 3.49. The van der Waals surface area contributed by atoms with Gasteiger partial charge in [-0.15, -0.1) is 0 Å². The number of rotatable bonds is 5. The van der Waals surface area contributed by atoms with E-state index in [0.29, 0.717) is 0 Å². The SMILES string of the molecule is CCC(=O)C(=O)O.COc1ccccc1C1CC(c2ccc(C)cc2)=NN1. The van der Waals surface area contributed by atoms with E-state index in [2.05, 4.69) is 47.8 Å². The Hall–Kier alpha value is -3.15. The van der Waals surface area contributed by atoms with Crippen molar-refractivity contribution in [2.75, 3.05) is 7.11 Å². The van der Waals surface area contributed by atoms with E-state index >= 15 is 0 Å². The van der Waals surface area contributed by atoms with Crippen LogP contribution in [0.25, 0.3) is 0 Å². The molecule has 0 spiro atoms. The lowest BCUT2D eigenvalue weighted by Gasteiger charge is -2.14. The maximum atomic E-state index is 9.91. The van der Waals surface area contributed by atoms with Crippen molar-refractivity contribution in [1.29, 1.82) is 0 Å². The normalized spacial score (nSPS) is 15.1. The lowest BCUT2D eigenvalue weighted by molar-refractivity contribution is -0.148. The number of carbonyl (C=O) groups is 2. The molecular weight excluding hydrogens is 344 g/mol. The zero-order chi connectivity index (χ0) is 19.8. The quantitative estimate of drug-likeness (QED) is 0.789. The number of benzene rings is 2. The van der Waals surface area contributed by atoms with Crippen LogP contribution in [-0.4, -0.2) is 29.7 Å². The molecule has 2 aromatic carbocycles. The number of aliphatic carboxylic acids is 1. The zero-order valence-corrected chi connectivity index (χ0v) is 15.7. The van der Waals surface area contributed by atoms with Crippen LogP contribution in [-0.2, 0) is 9.59 Å². The zero-order valence-electron chi connectivity index (χ0n) is 15.7. The molecule has 1 atom stereocenters. The number of hydrogen-bond acceptors (Lipinski definition) is 5. The maximum absolute atomic E-state index is 9.91. The van der Waals surface area contributed by atoms with Crippen LogP contribution in [0.2, 0.25) is 0 Å². The summed E-state index contributed by atoms with van der Waals surface area (Å²) in [5, 5.41) is 12.3. The number of hydrogen-bond donors (Lipinski definition) is 2. The molecule has 0 aromatic heterocycles. The highest BCUT2D eigenvalue weighted by atomic mass is 16.5. The molecule has 1 aliphatic heterocycles. The summed E-state index contributed by atoms with van der Waals surface area (Å²) in [4.78, 5) is 19.5. The molecule has 0 amide bonds. The summed E-state index contributed by atoms with van der Waals surface area (Å²) in [6, 6.07) is 16.8. The molecule has 0 aliphatic carbocycles. The molecule has 6 heteroatoms. The van der Waals surface area contributed by atoms with Crippen molar-refractivity contribution in [3.05, 3.63) is 65.2 Å². The molecule has 142 valence electrons. The van der Waals surface area contributed by atoms with Gasteiger partial charge in [-0.1, -0.05) is 55.0 Å². The number of ether oxygens (including phenoxy) is 1. The van der Waals surface area contributed by atoms with Crippen molar-refractivity contribution < 1.29 is 19.4 Å². The third kappa shape index (κ3) is 5.41. The molecule has 27 heavy (non-hydrogen) atoms. The van der Waals surface area contributed by atoms with Crippen molar-refractivity contribution in [3.8, 4) is 5.75 Å². The standard InChI is InChI=1S/C17H18N2O.C4H6O3/c1-12-7-9-13(10-8-12)15-11-16(19-18-15)14-5-3-4-6-17(14)20-2;1-2-3(5)4(6)7/h3-10,16,19H,11H2,1-2H3;2H2,1H3,(H,6,7). The second-order valence-corrected chi connectivity index (χ2v) is 6.13. The minimum atomic E-state index is -1.34. The highest BCUT2D eigenvalue weighted by molar-refractivity contribution is 6.32. The van der Waals surface area contributed by atoms with E-state index < -0.39 is 11.8 Å². The van der Waals surface area contributed by atoms with Crippen LogP contribution in [0, 0.1) is 6.92 Å². The average molecular weight is 368 g/mol. The molecule has 1 heterocycles. The van der Waals surface area contributed by atoms with E-state index in [1.807, 2.05) is 18.2 Å². The Morgan fingerprint density at radius 1 is 1.19 bits per heavy atom. The number of carbonyl (C=O) groups excluding carboxylic acids is 1. The van der Waals surface area contributed by atoms with Crippen molar-refractivity contribution in [1.82, 2.24) is 5.43 Å². The van der Waals surface area contributed by atoms with E-state index in [0.717, 1.165) is 23.4 Å². The van der Waals surface area contributed by atoms with Gasteiger partial charge in [0.25, 0.3) is 0 Å². The molecule has 0 bridgehead atoms. The minimum Gasteiger partial charge on any atom is -0.496 e. The number of nitrogens with zero attached hydrogens (tertiary/aromatic N) is 1. The largest absolute Gasteiger partial charge is 0.496 e. The molecule has 1 unspecified atom stereocenters. The number of aryl methyl sites for hydroxylation is 1. The summed E-state index contributed by atoms with van der Waals surface area (Å²) >= 11 is 0. The lowest BCUT2D eigenvalue weighted by Crippen LogP contribution is -2.11. The van der Waals surface area contributed by atoms with Gasteiger partial charge in [-0.3, -0.25) is 4.79 Å². The number of hydrazone groups is 1. The van der Waals surface area contributed by atoms with Crippen LogP contribution >= 0.6 is 0 Å². The van der Waals surface area contributed by atoms with Crippen molar-refractivity contribution >= 4 is 17.5 Å². The Morgan fingerprint density at radius 3 is 2.41 bits per heavy atom. The van der Waals surface area contributed by atoms with Crippen LogP contribution in [0.15, 0.2) is 53.6 Å². The first-order valence-electron chi connectivity index (χ1n) is 8.74. The van der Waals surface area contributed by atoms with Crippen LogP contribution in [0.1, 0.15) is 42.5 Å². The molecular formula is C21H24N2O4. The maximum Gasteiger partial charge on any atom is 0.372 e. The smallest absolute Gasteiger partial charge is 0.372 e. The number of carboxylic acids is 1. The summed E-state index contributed by atoms with van der Waals surface area (Å²) in [6.45, 7) is 3.60. The van der Waals surface area contributed by atoms with Gasteiger partial charge in [-0.05, 0) is 18.6 Å². The average Bonchev–Trinajstić information content (AvgIpc) is 3.18. The van der Waals surface area contributed by atoms with Crippen molar-refractivity contribution in [3.63, 3.8) is 0 Å². The fourth-order valence-corrected chi connectivity index (χ4v) is 2.65. The Morgan fingerprint density at radius 2 is 1.85 bits per heavy atom. The minimum absolute atomic E-state index is 0.0787. The van der Waals surface area contributed by atoms with Crippen LogP contribution in [0.3, 0.4) is 0 Å². The molecule has 0 saturated heterocycles. The molecule has 0 radical (unpaired) electrons. The summed E-state index contributed by atoms with van der Waals surface area (Å²) in [6.07, 6.45) is 0.957. The monoisotopic (exact) mass is 368 g/mol. The number of ketones is 1. The summed E-state index contributed by atoms with van der Waals surface area (Å²) in [5.41, 5.74) is 7.92. The van der Waals surface area contributed by atoms with Crippen LogP contribution < -0.4 is 10.2 Å². The van der Waals surface area contributed by atoms with Gasteiger partial charge in [0.2, 0.25) is 5.78 Å². The van der Waals surface area contributed by atoms with E-state index in [1.165, 1.54) is 18.1 Å². The predicted molar refractivity (Wildman–Crippen MR) is 104 cm³/mol. The van der Waals surface area contributed by atoms with Gasteiger partial charge < -0.3 is 15.3 Å². The fourth-order valence-electron chi connectivity index (χ4n) is 2.65. The van der Waals surface area contributed by atoms with E-state index in [9.17, 15) is 9.59 Å². The molecule has 3 rings (SSSR count). The Kier molecular flexibility index (Phi) is 7.11. The van der Waals surface area contributed by atoms with Crippen LogP contribution in [0.4, 0.5) is 0 Å². The molecule has 1 aliphatic rings. The Labute approximate surface area is 158 Å². The summed E-state index contributed by atoms with van der Waals surface area (Å²) in [7, 11) is 1.70. The third-order valence-corrected chi connectivity index (χ3v) is 4.21. The number of para-hydroxylation sites is 1. The first kappa shape index (κ1) is 20.2. The molecule has 0 fully saturated rings. The van der Waals surface area contributed by atoms with E-state index in [1.54, 1.807) is 7.11 Å². The van der Waals surface area contributed by atoms with Crippen molar-refractivity contribution in [2.45, 2.75) is 32.7 Å². The highest BCUT2D eigenvalue weighted by Gasteiger charge is 2.23. The fraction of sp³-hybridized carbons (Fsp3) is 0.286. The second kappa shape index (κ2) is 9.52. The van der Waals surface area contributed by atoms with E-state index in [4.69, 9.17) is 9.84 Å². The number of carboxylic acid groups (broad SMARTS) is 1. The summed E-state index contributed by atoms with van der Waals surface area (Å²) < 4.78 is 5.42. The lowest BCUT2D eigenvalue weighted by atomic mass is 9.98. The second-order valence-electron chi connectivity index (χ2n) is 6.13. The first-order valence-corrected chi connectivity index (χ1v) is 8.74. The van der Waals surface area contributed by atoms with Gasteiger partial charge in [0, 0.05) is 18.4 Å². The Balaban J connectivity index is 0.000000321. The van der Waals surface area contributed by atoms with Gasteiger partial charge in [-0.2, -0.15) is 5.10 Å². The van der Waals surface area contributed by atoms with Gasteiger partial charge in [0.15, 0.2) is 0 Å². The molecule has 2 N–H and O–H groups in total.